The highest BCUT2D eigenvalue weighted by atomic mass is 35.5. The van der Waals surface area contributed by atoms with Crippen LogP contribution in [-0.4, -0.2) is 15.0 Å². The zero-order valence-electron chi connectivity index (χ0n) is 8.07. The van der Waals surface area contributed by atoms with Gasteiger partial charge in [-0.05, 0) is 6.92 Å². The number of hydrogen-bond acceptors (Lipinski definition) is 5. The molecule has 1 N–H and O–H groups in total. The third kappa shape index (κ3) is 2.64. The molecule has 2 rings (SSSR count). The highest BCUT2D eigenvalue weighted by molar-refractivity contribution is 7.11. The molecule has 2 heterocycles. The fraction of sp³-hybridized carbons (Fsp3) is 0.222. The minimum absolute atomic E-state index is 0.380. The van der Waals surface area contributed by atoms with Gasteiger partial charge in [-0.3, -0.25) is 0 Å². The summed E-state index contributed by atoms with van der Waals surface area (Å²) >= 11 is 7.49. The largest absolute Gasteiger partial charge is 0.361 e. The fourth-order valence-electron chi connectivity index (χ4n) is 1.08. The predicted molar refractivity (Wildman–Crippen MR) is 61.2 cm³/mol. The monoisotopic (exact) mass is 240 g/mol. The number of thiazole rings is 1. The van der Waals surface area contributed by atoms with E-state index in [0.717, 1.165) is 5.01 Å². The van der Waals surface area contributed by atoms with Crippen LogP contribution in [0, 0.1) is 6.92 Å². The Labute approximate surface area is 96.4 Å². The van der Waals surface area contributed by atoms with Crippen molar-refractivity contribution in [2.45, 2.75) is 13.5 Å². The zero-order chi connectivity index (χ0) is 10.7. The number of aryl methyl sites for hydroxylation is 1. The summed E-state index contributed by atoms with van der Waals surface area (Å²) in [5.74, 6) is 0.590. The lowest BCUT2D eigenvalue weighted by Crippen LogP contribution is -2.01. The van der Waals surface area contributed by atoms with Crippen LogP contribution in [0.25, 0.3) is 0 Å². The van der Waals surface area contributed by atoms with Crippen LogP contribution in [0.15, 0.2) is 18.6 Å². The van der Waals surface area contributed by atoms with Gasteiger partial charge in [-0.1, -0.05) is 11.6 Å². The van der Waals surface area contributed by atoms with Crippen molar-refractivity contribution in [3.63, 3.8) is 0 Å². The molecule has 4 nitrogen and oxygen atoms in total. The smallest absolute Gasteiger partial charge is 0.171 e. The van der Waals surface area contributed by atoms with Crippen LogP contribution < -0.4 is 5.32 Å². The Morgan fingerprint density at radius 1 is 1.33 bits per heavy atom. The maximum absolute atomic E-state index is 5.84. The average molecular weight is 241 g/mol. The summed E-state index contributed by atoms with van der Waals surface area (Å²) in [5.41, 5.74) is 0. The van der Waals surface area contributed by atoms with Crippen molar-refractivity contribution in [1.82, 2.24) is 15.0 Å². The van der Waals surface area contributed by atoms with E-state index in [-0.39, 0.29) is 0 Å². The van der Waals surface area contributed by atoms with Crippen LogP contribution in [0.5, 0.6) is 0 Å². The molecule has 0 aromatic carbocycles. The molecule has 0 aliphatic rings. The summed E-state index contributed by atoms with van der Waals surface area (Å²) in [5, 5.41) is 4.47. The lowest BCUT2D eigenvalue weighted by Gasteiger charge is -2.03. The molecule has 0 atom stereocenters. The van der Waals surface area contributed by atoms with E-state index < -0.39 is 0 Å². The molecule has 15 heavy (non-hydrogen) atoms. The number of halogens is 1. The Bertz CT molecular complexity index is 457. The van der Waals surface area contributed by atoms with Crippen LogP contribution in [0.2, 0.25) is 5.15 Å². The van der Waals surface area contributed by atoms with E-state index in [9.17, 15) is 0 Å². The molecular formula is C9H9ClN4S. The standard InChI is InChI=1S/C9H9ClN4S/c1-6-4-13-7(15-6)5-14-9-8(10)11-2-3-12-9/h2-4H,5H2,1H3,(H,12,14). The van der Waals surface area contributed by atoms with Gasteiger partial charge >= 0.3 is 0 Å². The summed E-state index contributed by atoms with van der Waals surface area (Å²) < 4.78 is 0. The Kier molecular flexibility index (Phi) is 3.13. The number of nitrogens with one attached hydrogen (secondary N) is 1. The fourth-order valence-corrected chi connectivity index (χ4v) is 1.98. The Hall–Kier alpha value is -1.20. The summed E-state index contributed by atoms with van der Waals surface area (Å²) in [7, 11) is 0. The topological polar surface area (TPSA) is 50.7 Å². The Morgan fingerprint density at radius 2 is 2.13 bits per heavy atom. The van der Waals surface area contributed by atoms with Gasteiger partial charge in [0.25, 0.3) is 0 Å². The lowest BCUT2D eigenvalue weighted by molar-refractivity contribution is 1.06. The van der Waals surface area contributed by atoms with Crippen molar-refractivity contribution in [2.24, 2.45) is 0 Å². The molecule has 2 aromatic rings. The highest BCUT2D eigenvalue weighted by Gasteiger charge is 2.03. The first-order valence-corrected chi connectivity index (χ1v) is 5.57. The van der Waals surface area contributed by atoms with Crippen molar-refractivity contribution < 1.29 is 0 Å². The molecular weight excluding hydrogens is 232 g/mol. The predicted octanol–water partition coefficient (Wildman–Crippen LogP) is 2.51. The maximum Gasteiger partial charge on any atom is 0.171 e. The third-order valence-corrected chi connectivity index (χ3v) is 2.92. The van der Waals surface area contributed by atoms with Crippen LogP contribution in [0.1, 0.15) is 9.88 Å². The van der Waals surface area contributed by atoms with Gasteiger partial charge in [0.15, 0.2) is 11.0 Å². The van der Waals surface area contributed by atoms with Crippen molar-refractivity contribution in [3.8, 4) is 0 Å². The molecule has 0 unspecified atom stereocenters. The van der Waals surface area contributed by atoms with E-state index >= 15 is 0 Å². The quantitative estimate of drug-likeness (QED) is 0.896. The molecule has 0 fully saturated rings. The van der Waals surface area contributed by atoms with Gasteiger partial charge in [0.05, 0.1) is 6.54 Å². The van der Waals surface area contributed by atoms with E-state index in [1.54, 1.807) is 23.7 Å². The molecule has 0 aliphatic heterocycles. The van der Waals surface area contributed by atoms with Gasteiger partial charge in [-0.15, -0.1) is 11.3 Å². The normalized spacial score (nSPS) is 10.3. The molecule has 6 heteroatoms. The zero-order valence-corrected chi connectivity index (χ0v) is 9.64. The third-order valence-electron chi connectivity index (χ3n) is 1.73. The highest BCUT2D eigenvalue weighted by Crippen LogP contribution is 2.17. The molecule has 78 valence electrons. The first-order valence-electron chi connectivity index (χ1n) is 4.37. The molecule has 0 saturated heterocycles. The lowest BCUT2D eigenvalue weighted by atomic mass is 10.6. The maximum atomic E-state index is 5.84. The molecule has 0 amide bonds. The van der Waals surface area contributed by atoms with Crippen LogP contribution in [0.4, 0.5) is 5.82 Å². The second-order valence-corrected chi connectivity index (χ2v) is 4.59. The number of aromatic nitrogens is 3. The van der Waals surface area contributed by atoms with Gasteiger partial charge in [0, 0.05) is 23.5 Å². The molecule has 0 radical (unpaired) electrons. The van der Waals surface area contributed by atoms with Crippen molar-refractivity contribution in [1.29, 1.82) is 0 Å². The van der Waals surface area contributed by atoms with Crippen molar-refractivity contribution in [3.05, 3.63) is 33.6 Å². The van der Waals surface area contributed by atoms with Crippen LogP contribution >= 0.6 is 22.9 Å². The van der Waals surface area contributed by atoms with E-state index in [1.165, 1.54) is 4.88 Å². The van der Waals surface area contributed by atoms with E-state index in [4.69, 9.17) is 11.6 Å². The Morgan fingerprint density at radius 3 is 2.80 bits per heavy atom. The van der Waals surface area contributed by atoms with Gasteiger partial charge in [0.1, 0.15) is 5.01 Å². The molecule has 2 aromatic heterocycles. The average Bonchev–Trinajstić information content (AvgIpc) is 2.63. The second-order valence-electron chi connectivity index (χ2n) is 2.91. The summed E-state index contributed by atoms with van der Waals surface area (Å²) in [6.45, 7) is 2.65. The van der Waals surface area contributed by atoms with Gasteiger partial charge in [0.2, 0.25) is 0 Å². The first-order chi connectivity index (χ1) is 7.25. The van der Waals surface area contributed by atoms with E-state index in [0.29, 0.717) is 17.5 Å². The number of rotatable bonds is 3. The molecule has 0 bridgehead atoms. The van der Waals surface area contributed by atoms with Crippen LogP contribution in [-0.2, 0) is 6.54 Å². The van der Waals surface area contributed by atoms with Gasteiger partial charge < -0.3 is 5.32 Å². The molecule has 0 spiro atoms. The number of hydrogen-bond donors (Lipinski definition) is 1. The minimum atomic E-state index is 0.380. The second kappa shape index (κ2) is 4.55. The van der Waals surface area contributed by atoms with Crippen molar-refractivity contribution >= 4 is 28.8 Å². The Balaban J connectivity index is 2.02. The summed E-state index contributed by atoms with van der Waals surface area (Å²) in [4.78, 5) is 13.4. The number of anilines is 1. The van der Waals surface area contributed by atoms with Crippen LogP contribution in [0.3, 0.4) is 0 Å². The van der Waals surface area contributed by atoms with Crippen molar-refractivity contribution in [2.75, 3.05) is 5.32 Å². The summed E-state index contributed by atoms with van der Waals surface area (Å²) in [6, 6.07) is 0. The SMILES string of the molecule is Cc1cnc(CNc2nccnc2Cl)s1. The van der Waals surface area contributed by atoms with Gasteiger partial charge in [-0.25, -0.2) is 15.0 Å². The number of nitrogens with zero attached hydrogens (tertiary/aromatic N) is 3. The summed E-state index contributed by atoms with van der Waals surface area (Å²) in [6.07, 6.45) is 5.00. The van der Waals surface area contributed by atoms with E-state index in [1.807, 2.05) is 13.1 Å². The first kappa shape index (κ1) is 10.3. The molecule has 0 aliphatic carbocycles. The minimum Gasteiger partial charge on any atom is -0.361 e. The molecule has 0 saturated carbocycles. The van der Waals surface area contributed by atoms with E-state index in [2.05, 4.69) is 20.3 Å². The van der Waals surface area contributed by atoms with Gasteiger partial charge in [-0.2, -0.15) is 0 Å².